The molecule has 1 aromatic carbocycles. The molecule has 0 amide bonds. The monoisotopic (exact) mass is 239 g/mol. The van der Waals surface area contributed by atoms with Crippen LogP contribution in [0.5, 0.6) is 11.5 Å². The van der Waals surface area contributed by atoms with Gasteiger partial charge in [0.2, 0.25) is 0 Å². The second-order valence-corrected chi connectivity index (χ2v) is 3.74. The average molecular weight is 239 g/mol. The van der Waals surface area contributed by atoms with Crippen molar-refractivity contribution in [2.24, 2.45) is 5.73 Å². The fourth-order valence-electron chi connectivity index (χ4n) is 1.55. The number of carbonyl (C=O) groups is 1. The van der Waals surface area contributed by atoms with Crippen molar-refractivity contribution in [2.45, 2.75) is 12.8 Å². The molecule has 0 bridgehead atoms. The van der Waals surface area contributed by atoms with Crippen LogP contribution < -0.4 is 10.5 Å². The van der Waals surface area contributed by atoms with Gasteiger partial charge in [-0.15, -0.1) is 0 Å². The van der Waals surface area contributed by atoms with Crippen LogP contribution in [0, 0.1) is 0 Å². The quantitative estimate of drug-likeness (QED) is 0.773. The van der Waals surface area contributed by atoms with Crippen molar-refractivity contribution in [2.75, 3.05) is 20.8 Å². The molecule has 17 heavy (non-hydrogen) atoms. The highest BCUT2D eigenvalue weighted by atomic mass is 16.5. The van der Waals surface area contributed by atoms with Crippen molar-refractivity contribution in [1.82, 2.24) is 0 Å². The Bertz CT molecular complexity index is 417. The second-order valence-electron chi connectivity index (χ2n) is 3.74. The third-order valence-corrected chi connectivity index (χ3v) is 2.64. The summed E-state index contributed by atoms with van der Waals surface area (Å²) < 4.78 is 9.68. The molecule has 94 valence electrons. The molecule has 0 spiro atoms. The van der Waals surface area contributed by atoms with Gasteiger partial charge in [0.05, 0.1) is 14.2 Å². The van der Waals surface area contributed by atoms with Gasteiger partial charge >= 0.3 is 5.97 Å². The molecule has 1 atom stereocenters. The number of phenols is 1. The van der Waals surface area contributed by atoms with E-state index in [9.17, 15) is 9.90 Å². The van der Waals surface area contributed by atoms with E-state index >= 15 is 0 Å². The van der Waals surface area contributed by atoms with Crippen LogP contribution in [0.2, 0.25) is 0 Å². The zero-order valence-electron chi connectivity index (χ0n) is 10.2. The van der Waals surface area contributed by atoms with Crippen LogP contribution >= 0.6 is 0 Å². The maximum Gasteiger partial charge on any atom is 0.341 e. The Hall–Kier alpha value is -1.75. The summed E-state index contributed by atoms with van der Waals surface area (Å²) in [6.07, 6.45) is 0. The van der Waals surface area contributed by atoms with Crippen LogP contribution in [-0.2, 0) is 4.74 Å². The van der Waals surface area contributed by atoms with E-state index < -0.39 is 5.97 Å². The molecule has 1 unspecified atom stereocenters. The molecule has 0 aliphatic heterocycles. The van der Waals surface area contributed by atoms with Gasteiger partial charge in [-0.1, -0.05) is 6.92 Å². The zero-order chi connectivity index (χ0) is 13.0. The first-order valence-electron chi connectivity index (χ1n) is 5.24. The predicted octanol–water partition coefficient (Wildman–Crippen LogP) is 1.25. The van der Waals surface area contributed by atoms with E-state index in [4.69, 9.17) is 10.5 Å². The summed E-state index contributed by atoms with van der Waals surface area (Å²) in [7, 11) is 2.72. The summed E-state index contributed by atoms with van der Waals surface area (Å²) in [6, 6.07) is 2.95. The number of nitrogens with two attached hydrogens (primary N) is 1. The molecule has 5 heteroatoms. The predicted molar refractivity (Wildman–Crippen MR) is 63.5 cm³/mol. The number of methoxy groups -OCH3 is 2. The summed E-state index contributed by atoms with van der Waals surface area (Å²) in [5.41, 5.74) is 6.43. The van der Waals surface area contributed by atoms with Gasteiger partial charge in [-0.25, -0.2) is 4.79 Å². The van der Waals surface area contributed by atoms with E-state index in [0.29, 0.717) is 12.1 Å². The van der Waals surface area contributed by atoms with Gasteiger partial charge in [0.1, 0.15) is 17.1 Å². The van der Waals surface area contributed by atoms with Gasteiger partial charge in [-0.2, -0.15) is 0 Å². The number of carbonyl (C=O) groups excluding carboxylic acids is 1. The first-order chi connectivity index (χ1) is 8.04. The third-order valence-electron chi connectivity index (χ3n) is 2.64. The molecule has 0 aliphatic rings. The summed E-state index contributed by atoms with van der Waals surface area (Å²) in [4.78, 5) is 11.6. The van der Waals surface area contributed by atoms with Gasteiger partial charge in [-0.05, 0) is 24.1 Å². The van der Waals surface area contributed by atoms with Gasteiger partial charge in [0, 0.05) is 6.07 Å². The number of esters is 1. The number of ether oxygens (including phenoxy) is 2. The summed E-state index contributed by atoms with van der Waals surface area (Å²) in [6.45, 7) is 2.24. The first-order valence-corrected chi connectivity index (χ1v) is 5.24. The number of phenolic OH excluding ortho intramolecular Hbond substituents is 1. The highest BCUT2D eigenvalue weighted by molar-refractivity contribution is 5.93. The van der Waals surface area contributed by atoms with Gasteiger partial charge in [0.15, 0.2) is 0 Å². The molecule has 0 saturated carbocycles. The van der Waals surface area contributed by atoms with Crippen LogP contribution in [0.25, 0.3) is 0 Å². The molecule has 0 fully saturated rings. The van der Waals surface area contributed by atoms with Gasteiger partial charge < -0.3 is 20.3 Å². The zero-order valence-corrected chi connectivity index (χ0v) is 10.2. The minimum Gasteiger partial charge on any atom is -0.508 e. The molecule has 0 aromatic heterocycles. The Morgan fingerprint density at radius 1 is 1.47 bits per heavy atom. The molecule has 0 heterocycles. The topological polar surface area (TPSA) is 81.8 Å². The Morgan fingerprint density at radius 3 is 2.59 bits per heavy atom. The smallest absolute Gasteiger partial charge is 0.341 e. The van der Waals surface area contributed by atoms with E-state index in [2.05, 4.69) is 4.74 Å². The van der Waals surface area contributed by atoms with E-state index in [1.165, 1.54) is 20.3 Å². The molecule has 1 rings (SSSR count). The van der Waals surface area contributed by atoms with Gasteiger partial charge in [-0.3, -0.25) is 0 Å². The Labute approximate surface area is 100 Å². The fraction of sp³-hybridized carbons (Fsp3) is 0.417. The highest BCUT2D eigenvalue weighted by Gasteiger charge is 2.19. The number of aromatic hydroxyl groups is 1. The van der Waals surface area contributed by atoms with Crippen LogP contribution in [0.3, 0.4) is 0 Å². The van der Waals surface area contributed by atoms with Crippen molar-refractivity contribution in [3.8, 4) is 11.5 Å². The Kier molecular flexibility index (Phi) is 4.34. The molecule has 1 aromatic rings. The van der Waals surface area contributed by atoms with E-state index in [-0.39, 0.29) is 23.0 Å². The normalized spacial score (nSPS) is 12.0. The van der Waals surface area contributed by atoms with E-state index in [1.54, 1.807) is 6.07 Å². The van der Waals surface area contributed by atoms with Gasteiger partial charge in [0.25, 0.3) is 0 Å². The lowest BCUT2D eigenvalue weighted by molar-refractivity contribution is 0.0597. The fourth-order valence-corrected chi connectivity index (χ4v) is 1.55. The largest absolute Gasteiger partial charge is 0.508 e. The summed E-state index contributed by atoms with van der Waals surface area (Å²) in [5.74, 6) is -0.216. The molecule has 0 saturated heterocycles. The first kappa shape index (κ1) is 13.3. The molecular weight excluding hydrogens is 222 g/mol. The third kappa shape index (κ3) is 2.68. The molecule has 5 nitrogen and oxygen atoms in total. The van der Waals surface area contributed by atoms with Crippen molar-refractivity contribution in [3.05, 3.63) is 23.3 Å². The maximum atomic E-state index is 11.6. The average Bonchev–Trinajstić information content (AvgIpc) is 2.36. The van der Waals surface area contributed by atoms with Crippen molar-refractivity contribution < 1.29 is 19.4 Å². The van der Waals surface area contributed by atoms with E-state index in [1.807, 2.05) is 6.92 Å². The molecule has 0 radical (unpaired) electrons. The SMILES string of the molecule is COC(=O)c1cc(C(C)CN)c(O)cc1OC. The van der Waals surface area contributed by atoms with Crippen LogP contribution in [0.4, 0.5) is 0 Å². The Morgan fingerprint density at radius 2 is 2.12 bits per heavy atom. The van der Waals surface area contributed by atoms with E-state index in [0.717, 1.165) is 0 Å². The minimum absolute atomic E-state index is 0.0516. The number of hydrogen-bond acceptors (Lipinski definition) is 5. The molecular formula is C12H17NO4. The highest BCUT2D eigenvalue weighted by Crippen LogP contribution is 2.32. The minimum atomic E-state index is -0.507. The van der Waals surface area contributed by atoms with Crippen LogP contribution in [-0.4, -0.2) is 31.8 Å². The molecule has 0 aliphatic carbocycles. The lowest BCUT2D eigenvalue weighted by Gasteiger charge is -2.15. The second kappa shape index (κ2) is 5.54. The summed E-state index contributed by atoms with van der Waals surface area (Å²) >= 11 is 0. The van der Waals surface area contributed by atoms with Crippen molar-refractivity contribution >= 4 is 5.97 Å². The lowest BCUT2D eigenvalue weighted by atomic mass is 9.97. The lowest BCUT2D eigenvalue weighted by Crippen LogP contribution is -2.11. The Balaban J connectivity index is 3.32. The number of hydrogen-bond donors (Lipinski definition) is 2. The number of benzene rings is 1. The van der Waals surface area contributed by atoms with Crippen molar-refractivity contribution in [3.63, 3.8) is 0 Å². The molecule has 3 N–H and O–H groups in total. The van der Waals surface area contributed by atoms with Crippen LogP contribution in [0.15, 0.2) is 12.1 Å². The summed E-state index contributed by atoms with van der Waals surface area (Å²) in [5, 5.41) is 9.82. The maximum absolute atomic E-state index is 11.6. The number of rotatable bonds is 4. The standard InChI is InChI=1S/C12H17NO4/c1-7(6-13)8-4-9(12(15)17-3)11(16-2)5-10(8)14/h4-5,7,14H,6,13H2,1-3H3. The van der Waals surface area contributed by atoms with Crippen LogP contribution in [0.1, 0.15) is 28.8 Å². The van der Waals surface area contributed by atoms with Crippen molar-refractivity contribution in [1.29, 1.82) is 0 Å².